The first-order valence-corrected chi connectivity index (χ1v) is 10.7. The topological polar surface area (TPSA) is 128 Å². The molecular formula is C24H33NO7. The van der Waals surface area contributed by atoms with Crippen molar-refractivity contribution in [3.63, 3.8) is 0 Å². The standard InChI is InChI=1S/C24H33NO7/c1-16(26)14-25-15-32-24-12-18(6-10-22(24)30)4-8-20(28)13-19(27)7-3-17-5-9-21(29)23(11-17)31-2/h5-6,9-12,16,19,25-27,29-30H,3-4,7-8,13-15H2,1-2H3. The van der Waals surface area contributed by atoms with Crippen LogP contribution in [0.25, 0.3) is 0 Å². The van der Waals surface area contributed by atoms with Gasteiger partial charge in [0.1, 0.15) is 12.5 Å². The zero-order chi connectivity index (χ0) is 23.5. The maximum atomic E-state index is 12.3. The molecule has 0 aliphatic heterocycles. The van der Waals surface area contributed by atoms with Gasteiger partial charge in [-0.25, -0.2) is 0 Å². The van der Waals surface area contributed by atoms with Gasteiger partial charge < -0.3 is 29.9 Å². The minimum absolute atomic E-state index is 0.000192. The molecule has 0 aliphatic rings. The Kier molecular flexibility index (Phi) is 10.3. The van der Waals surface area contributed by atoms with E-state index in [2.05, 4.69) is 5.32 Å². The summed E-state index contributed by atoms with van der Waals surface area (Å²) in [5, 5.41) is 41.9. The van der Waals surface area contributed by atoms with Gasteiger partial charge in [0.25, 0.3) is 0 Å². The van der Waals surface area contributed by atoms with Gasteiger partial charge in [-0.3, -0.25) is 10.1 Å². The van der Waals surface area contributed by atoms with Crippen LogP contribution in [0.4, 0.5) is 0 Å². The van der Waals surface area contributed by atoms with E-state index in [4.69, 9.17) is 9.47 Å². The fourth-order valence-corrected chi connectivity index (χ4v) is 3.19. The molecule has 176 valence electrons. The molecule has 2 unspecified atom stereocenters. The second kappa shape index (κ2) is 12.9. The number of ketones is 1. The zero-order valence-electron chi connectivity index (χ0n) is 18.6. The molecule has 0 aliphatic carbocycles. The van der Waals surface area contributed by atoms with Crippen molar-refractivity contribution in [3.8, 4) is 23.0 Å². The Hall–Kier alpha value is -2.81. The lowest BCUT2D eigenvalue weighted by molar-refractivity contribution is -0.121. The number of rotatable bonds is 14. The number of aromatic hydroxyl groups is 2. The van der Waals surface area contributed by atoms with Crippen LogP contribution >= 0.6 is 0 Å². The quantitative estimate of drug-likeness (QED) is 0.220. The van der Waals surface area contributed by atoms with Crippen LogP contribution in [0.1, 0.15) is 37.3 Å². The van der Waals surface area contributed by atoms with Crippen molar-refractivity contribution in [1.82, 2.24) is 5.32 Å². The van der Waals surface area contributed by atoms with Crippen LogP contribution in [0.2, 0.25) is 0 Å². The van der Waals surface area contributed by atoms with Crippen molar-refractivity contribution in [3.05, 3.63) is 47.5 Å². The van der Waals surface area contributed by atoms with Crippen molar-refractivity contribution >= 4 is 5.78 Å². The number of benzene rings is 2. The van der Waals surface area contributed by atoms with Crippen molar-refractivity contribution in [2.45, 2.75) is 51.2 Å². The molecule has 0 radical (unpaired) electrons. The highest BCUT2D eigenvalue weighted by atomic mass is 16.5. The highest BCUT2D eigenvalue weighted by Gasteiger charge is 2.13. The van der Waals surface area contributed by atoms with E-state index in [1.54, 1.807) is 37.3 Å². The van der Waals surface area contributed by atoms with Crippen LogP contribution in [0.3, 0.4) is 0 Å². The summed E-state index contributed by atoms with van der Waals surface area (Å²) in [7, 11) is 1.48. The Morgan fingerprint density at radius 3 is 2.28 bits per heavy atom. The van der Waals surface area contributed by atoms with Crippen molar-refractivity contribution in [2.75, 3.05) is 20.4 Å². The summed E-state index contributed by atoms with van der Waals surface area (Å²) in [6, 6.07) is 9.95. The lowest BCUT2D eigenvalue weighted by atomic mass is 10.00. The third-order valence-electron chi connectivity index (χ3n) is 4.96. The van der Waals surface area contributed by atoms with Gasteiger partial charge in [-0.2, -0.15) is 0 Å². The lowest BCUT2D eigenvalue weighted by Gasteiger charge is -2.12. The number of aliphatic hydroxyl groups excluding tert-OH is 2. The van der Waals surface area contributed by atoms with Gasteiger partial charge in [-0.05, 0) is 61.6 Å². The summed E-state index contributed by atoms with van der Waals surface area (Å²) in [4.78, 5) is 12.3. The molecule has 0 saturated carbocycles. The number of nitrogens with one attached hydrogen (secondary N) is 1. The molecule has 2 aromatic rings. The second-order valence-corrected chi connectivity index (χ2v) is 7.84. The number of carbonyl (C=O) groups is 1. The minimum Gasteiger partial charge on any atom is -0.504 e. The van der Waals surface area contributed by atoms with E-state index in [0.717, 1.165) is 11.1 Å². The van der Waals surface area contributed by atoms with Crippen LogP contribution in [0, 0.1) is 0 Å². The molecule has 2 atom stereocenters. The summed E-state index contributed by atoms with van der Waals surface area (Å²) >= 11 is 0. The van der Waals surface area contributed by atoms with Gasteiger partial charge in [0, 0.05) is 19.4 Å². The van der Waals surface area contributed by atoms with Gasteiger partial charge >= 0.3 is 0 Å². The summed E-state index contributed by atoms with van der Waals surface area (Å²) < 4.78 is 10.6. The van der Waals surface area contributed by atoms with Crippen LogP contribution < -0.4 is 14.8 Å². The number of aliphatic hydroxyl groups is 2. The molecule has 0 fully saturated rings. The molecule has 0 spiro atoms. The Labute approximate surface area is 188 Å². The third-order valence-corrected chi connectivity index (χ3v) is 4.96. The van der Waals surface area contributed by atoms with E-state index in [1.165, 1.54) is 13.2 Å². The van der Waals surface area contributed by atoms with E-state index in [9.17, 15) is 25.2 Å². The summed E-state index contributed by atoms with van der Waals surface area (Å²) in [5.41, 5.74) is 1.75. The smallest absolute Gasteiger partial charge is 0.163 e. The molecule has 0 amide bonds. The number of carbonyl (C=O) groups excluding carboxylic acids is 1. The molecule has 0 heterocycles. The number of Topliss-reactive ketones (excluding diaryl/α,β-unsaturated/α-hetero) is 1. The molecule has 32 heavy (non-hydrogen) atoms. The Morgan fingerprint density at radius 2 is 1.62 bits per heavy atom. The molecule has 2 rings (SSSR count). The van der Waals surface area contributed by atoms with Crippen LogP contribution in [0.15, 0.2) is 36.4 Å². The SMILES string of the molecule is COc1cc(CCC(O)CC(=O)CCc2ccc(O)c(OCNCC(C)O)c2)ccc1O. The molecule has 0 aromatic heterocycles. The predicted molar refractivity (Wildman–Crippen MR) is 120 cm³/mol. The Balaban J connectivity index is 1.76. The van der Waals surface area contributed by atoms with Gasteiger partial charge in [0.05, 0.1) is 19.3 Å². The van der Waals surface area contributed by atoms with Crippen LogP contribution in [-0.4, -0.2) is 58.8 Å². The average molecular weight is 448 g/mol. The van der Waals surface area contributed by atoms with Crippen LogP contribution in [-0.2, 0) is 17.6 Å². The lowest BCUT2D eigenvalue weighted by Crippen LogP contribution is -2.28. The first kappa shape index (κ1) is 25.5. The average Bonchev–Trinajstić information content (AvgIpc) is 2.76. The maximum Gasteiger partial charge on any atom is 0.163 e. The molecule has 8 heteroatoms. The molecular weight excluding hydrogens is 414 g/mol. The fourth-order valence-electron chi connectivity index (χ4n) is 3.19. The number of methoxy groups -OCH3 is 1. The van der Waals surface area contributed by atoms with Crippen molar-refractivity contribution < 1.29 is 34.7 Å². The Morgan fingerprint density at radius 1 is 1.00 bits per heavy atom. The van der Waals surface area contributed by atoms with E-state index < -0.39 is 12.2 Å². The molecule has 2 aromatic carbocycles. The number of phenolic OH excluding ortho intramolecular Hbond substituents is 2. The van der Waals surface area contributed by atoms with E-state index in [-0.39, 0.29) is 36.9 Å². The summed E-state index contributed by atoms with van der Waals surface area (Å²) in [6.45, 7) is 2.17. The normalized spacial score (nSPS) is 12.9. The van der Waals surface area contributed by atoms with E-state index >= 15 is 0 Å². The first-order chi connectivity index (χ1) is 15.3. The fraction of sp³-hybridized carbons (Fsp3) is 0.458. The summed E-state index contributed by atoms with van der Waals surface area (Å²) in [6.07, 6.45) is 0.556. The van der Waals surface area contributed by atoms with Crippen molar-refractivity contribution in [1.29, 1.82) is 0 Å². The van der Waals surface area contributed by atoms with E-state index in [0.29, 0.717) is 37.3 Å². The minimum atomic E-state index is -0.749. The largest absolute Gasteiger partial charge is 0.504 e. The predicted octanol–water partition coefficient (Wildman–Crippen LogP) is 2.30. The van der Waals surface area contributed by atoms with Gasteiger partial charge in [-0.1, -0.05) is 12.1 Å². The van der Waals surface area contributed by atoms with Gasteiger partial charge in [-0.15, -0.1) is 0 Å². The second-order valence-electron chi connectivity index (χ2n) is 7.84. The Bertz CT molecular complexity index is 869. The molecule has 8 nitrogen and oxygen atoms in total. The highest BCUT2D eigenvalue weighted by molar-refractivity contribution is 5.79. The number of ether oxygens (including phenoxy) is 2. The third kappa shape index (κ3) is 8.74. The van der Waals surface area contributed by atoms with Gasteiger partial charge in [0.15, 0.2) is 23.0 Å². The monoisotopic (exact) mass is 447 g/mol. The number of hydrogen-bond acceptors (Lipinski definition) is 8. The van der Waals surface area contributed by atoms with Crippen LogP contribution in [0.5, 0.6) is 23.0 Å². The number of phenols is 2. The highest BCUT2D eigenvalue weighted by Crippen LogP contribution is 2.28. The maximum absolute atomic E-state index is 12.3. The zero-order valence-corrected chi connectivity index (χ0v) is 18.6. The first-order valence-electron chi connectivity index (χ1n) is 10.7. The van der Waals surface area contributed by atoms with Crippen molar-refractivity contribution in [2.24, 2.45) is 0 Å². The molecule has 0 bridgehead atoms. The summed E-state index contributed by atoms with van der Waals surface area (Å²) in [5.74, 6) is 0.697. The molecule has 5 N–H and O–H groups in total. The van der Waals surface area contributed by atoms with Gasteiger partial charge in [0.2, 0.25) is 0 Å². The molecule has 0 saturated heterocycles. The van der Waals surface area contributed by atoms with E-state index in [1.807, 2.05) is 0 Å². The number of aryl methyl sites for hydroxylation is 2. The number of hydrogen-bond donors (Lipinski definition) is 5.